The van der Waals surface area contributed by atoms with E-state index in [1.165, 1.54) is 23.5 Å². The Labute approximate surface area is 229 Å². The first-order valence-electron chi connectivity index (χ1n) is 12.6. The van der Waals surface area contributed by atoms with Gasteiger partial charge in [-0.1, -0.05) is 12.1 Å². The topological polar surface area (TPSA) is 80.3 Å². The lowest BCUT2D eigenvalue weighted by atomic mass is 10.0. The zero-order chi connectivity index (χ0) is 27.7. The number of halogens is 1. The second-order valence-electron chi connectivity index (χ2n) is 10.5. The molecule has 1 aromatic carbocycles. The minimum atomic E-state index is -0.607. The van der Waals surface area contributed by atoms with Gasteiger partial charge in [0.2, 0.25) is 5.69 Å². The fourth-order valence-electron chi connectivity index (χ4n) is 4.66. The summed E-state index contributed by atoms with van der Waals surface area (Å²) in [6, 6.07) is 11.9. The molecule has 1 aliphatic heterocycles. The Morgan fingerprint density at radius 3 is 2.74 bits per heavy atom. The van der Waals surface area contributed by atoms with Crippen LogP contribution in [0, 0.1) is 12.4 Å². The monoisotopic (exact) mass is 545 g/mol. The fourth-order valence-corrected chi connectivity index (χ4v) is 5.81. The summed E-state index contributed by atoms with van der Waals surface area (Å²) in [5.41, 5.74) is 2.40. The summed E-state index contributed by atoms with van der Waals surface area (Å²) in [5, 5.41) is 7.13. The van der Waals surface area contributed by atoms with Crippen LogP contribution in [0.2, 0.25) is 0 Å². The number of nitrogens with zero attached hydrogens (tertiary/aromatic N) is 4. The summed E-state index contributed by atoms with van der Waals surface area (Å²) in [5.74, 6) is -0.752. The van der Waals surface area contributed by atoms with Crippen molar-refractivity contribution in [2.75, 3.05) is 13.1 Å². The molecule has 0 aliphatic carbocycles. The maximum absolute atomic E-state index is 14.6. The normalized spacial score (nSPS) is 15.7. The van der Waals surface area contributed by atoms with Crippen molar-refractivity contribution in [2.24, 2.45) is 0 Å². The smallest absolute Gasteiger partial charge is 0.407 e. The van der Waals surface area contributed by atoms with E-state index in [1.807, 2.05) is 24.4 Å². The number of carbonyl (C=O) groups is 2. The molecular weight excluding hydrogens is 517 g/mol. The van der Waals surface area contributed by atoms with Gasteiger partial charge in [0, 0.05) is 42.0 Å². The highest BCUT2D eigenvalue weighted by Gasteiger charge is 2.29. The molecule has 4 heterocycles. The molecule has 1 atom stereocenters. The molecule has 1 saturated heterocycles. The zero-order valence-electron chi connectivity index (χ0n) is 21.9. The van der Waals surface area contributed by atoms with Crippen molar-refractivity contribution in [3.8, 4) is 21.6 Å². The van der Waals surface area contributed by atoms with Crippen LogP contribution in [0.3, 0.4) is 0 Å². The van der Waals surface area contributed by atoms with Gasteiger partial charge in [0.05, 0.1) is 17.0 Å². The average molecular weight is 546 g/mol. The van der Waals surface area contributed by atoms with Gasteiger partial charge in [0.15, 0.2) is 0 Å². The molecule has 8 nitrogen and oxygen atoms in total. The molecule has 5 rings (SSSR count). The first-order valence-corrected chi connectivity index (χ1v) is 13.5. The van der Waals surface area contributed by atoms with Crippen LogP contribution in [0.5, 0.6) is 0 Å². The highest BCUT2D eigenvalue weighted by molar-refractivity contribution is 7.18. The van der Waals surface area contributed by atoms with Crippen molar-refractivity contribution in [2.45, 2.75) is 45.3 Å². The number of nitrogens with one attached hydrogen (secondary N) is 1. The maximum Gasteiger partial charge on any atom is 0.407 e. The molecule has 1 aliphatic rings. The lowest BCUT2D eigenvalue weighted by molar-refractivity contribution is 0.0453. The predicted molar refractivity (Wildman–Crippen MR) is 148 cm³/mol. The van der Waals surface area contributed by atoms with Crippen molar-refractivity contribution >= 4 is 34.5 Å². The molecule has 39 heavy (non-hydrogen) atoms. The van der Waals surface area contributed by atoms with Crippen molar-refractivity contribution in [1.82, 2.24) is 19.8 Å². The van der Waals surface area contributed by atoms with Crippen LogP contribution in [0.15, 0.2) is 54.9 Å². The average Bonchev–Trinajstić information content (AvgIpc) is 3.54. The Morgan fingerprint density at radius 1 is 1.18 bits per heavy atom. The lowest BCUT2D eigenvalue weighted by Crippen LogP contribution is -2.50. The zero-order valence-corrected chi connectivity index (χ0v) is 22.7. The molecule has 0 saturated carbocycles. The van der Waals surface area contributed by atoms with E-state index in [2.05, 4.69) is 15.3 Å². The number of benzene rings is 1. The van der Waals surface area contributed by atoms with E-state index in [0.29, 0.717) is 29.1 Å². The second-order valence-corrected chi connectivity index (χ2v) is 11.5. The van der Waals surface area contributed by atoms with E-state index in [0.717, 1.165) is 28.8 Å². The van der Waals surface area contributed by atoms with Crippen molar-refractivity contribution in [3.63, 3.8) is 0 Å². The fraction of sp³-hybridized carbons (Fsp3) is 0.310. The number of hydrogen-bond donors (Lipinski definition) is 1. The highest BCUT2D eigenvalue weighted by atomic mass is 32.1. The SMILES string of the molecule is [C-]#[N+]c1ccc(-c2cc(C(=O)N3CCC[C@@H](NC(=O)OC(C)(C)C)C3)sc2-c2ccn3nccc3c2)cc1F. The van der Waals surface area contributed by atoms with Crippen LogP contribution in [0.4, 0.5) is 14.9 Å². The number of aromatic nitrogens is 2. The summed E-state index contributed by atoms with van der Waals surface area (Å²) in [7, 11) is 0. The summed E-state index contributed by atoms with van der Waals surface area (Å²) >= 11 is 1.34. The Bertz CT molecular complexity index is 1600. The van der Waals surface area contributed by atoms with Gasteiger partial charge in [0.25, 0.3) is 5.91 Å². The number of pyridine rings is 1. The summed E-state index contributed by atoms with van der Waals surface area (Å²) < 4.78 is 21.7. The van der Waals surface area contributed by atoms with E-state index in [9.17, 15) is 14.0 Å². The van der Waals surface area contributed by atoms with Crippen LogP contribution in [-0.2, 0) is 4.74 Å². The number of ether oxygens (including phenoxy) is 1. The van der Waals surface area contributed by atoms with Gasteiger partial charge < -0.3 is 15.0 Å². The summed E-state index contributed by atoms with van der Waals surface area (Å²) in [4.78, 5) is 32.3. The molecule has 0 unspecified atom stereocenters. The number of thiophene rings is 1. The number of piperidine rings is 1. The third-order valence-electron chi connectivity index (χ3n) is 6.41. The Hall–Kier alpha value is -4.23. The number of fused-ring (bicyclic) bond motifs is 1. The predicted octanol–water partition coefficient (Wildman–Crippen LogP) is 6.55. The van der Waals surface area contributed by atoms with Gasteiger partial charge in [0.1, 0.15) is 11.4 Å². The van der Waals surface area contributed by atoms with Gasteiger partial charge in [-0.25, -0.2) is 18.5 Å². The molecule has 1 fully saturated rings. The first kappa shape index (κ1) is 26.4. The molecule has 3 aromatic heterocycles. The Balaban J connectivity index is 1.46. The van der Waals surface area contributed by atoms with E-state index in [4.69, 9.17) is 11.3 Å². The molecule has 10 heteroatoms. The minimum Gasteiger partial charge on any atom is -0.444 e. The molecule has 2 amide bonds. The third-order valence-corrected chi connectivity index (χ3v) is 7.59. The van der Waals surface area contributed by atoms with E-state index in [-0.39, 0.29) is 17.6 Å². The van der Waals surface area contributed by atoms with E-state index < -0.39 is 17.5 Å². The van der Waals surface area contributed by atoms with Crippen molar-refractivity contribution < 1.29 is 18.7 Å². The number of amides is 2. The largest absolute Gasteiger partial charge is 0.444 e. The standard InChI is InChI=1S/C29H28FN5O3S/c1-29(2,3)38-28(37)33-20-6-5-12-34(17-20)27(36)25-16-22(18-7-8-24(31-4)23(30)15-18)26(39-25)19-10-13-35-21(14-19)9-11-32-35/h7-11,13-16,20H,5-6,12,17H2,1-3H3,(H,33,37)/t20-/m1/s1. The van der Waals surface area contributed by atoms with Crippen molar-refractivity contribution in [3.05, 3.63) is 77.0 Å². The second kappa shape index (κ2) is 10.5. The van der Waals surface area contributed by atoms with Crippen LogP contribution in [0.1, 0.15) is 43.3 Å². The number of carbonyl (C=O) groups excluding carboxylic acids is 2. The number of likely N-dealkylation sites (tertiary alicyclic amines) is 1. The van der Waals surface area contributed by atoms with Gasteiger partial charge in [-0.2, -0.15) is 5.10 Å². The van der Waals surface area contributed by atoms with Crippen LogP contribution in [-0.4, -0.2) is 51.2 Å². The van der Waals surface area contributed by atoms with E-state index in [1.54, 1.807) is 48.5 Å². The summed E-state index contributed by atoms with van der Waals surface area (Å²) in [6.07, 6.45) is 4.55. The van der Waals surface area contributed by atoms with Gasteiger partial charge >= 0.3 is 6.09 Å². The van der Waals surface area contributed by atoms with Crippen LogP contribution in [0.25, 0.3) is 31.9 Å². The number of alkyl carbamates (subject to hydrolysis) is 1. The minimum absolute atomic E-state index is 0.0515. The molecule has 1 N–H and O–H groups in total. The van der Waals surface area contributed by atoms with Gasteiger partial charge in [-0.05, 0) is 75.1 Å². The highest BCUT2D eigenvalue weighted by Crippen LogP contribution is 2.41. The molecule has 0 radical (unpaired) electrons. The van der Waals surface area contributed by atoms with Gasteiger partial charge in [-0.15, -0.1) is 11.3 Å². The summed E-state index contributed by atoms with van der Waals surface area (Å²) in [6.45, 7) is 13.5. The van der Waals surface area contributed by atoms with E-state index >= 15 is 0 Å². The molecule has 0 bridgehead atoms. The third kappa shape index (κ3) is 5.78. The van der Waals surface area contributed by atoms with Crippen LogP contribution >= 0.6 is 11.3 Å². The van der Waals surface area contributed by atoms with Gasteiger partial charge in [-0.3, -0.25) is 4.79 Å². The Morgan fingerprint density at radius 2 is 2.00 bits per heavy atom. The quantitative estimate of drug-likeness (QED) is 0.295. The molecular formula is C29H28FN5O3S. The first-order chi connectivity index (χ1) is 18.6. The number of rotatable bonds is 4. The van der Waals surface area contributed by atoms with Crippen molar-refractivity contribution in [1.29, 1.82) is 0 Å². The molecule has 200 valence electrons. The lowest BCUT2D eigenvalue weighted by Gasteiger charge is -2.33. The number of hydrogen-bond acceptors (Lipinski definition) is 5. The molecule has 0 spiro atoms. The molecule has 4 aromatic rings. The Kier molecular flexibility index (Phi) is 7.10. The van der Waals surface area contributed by atoms with Crippen LogP contribution < -0.4 is 5.32 Å². The maximum atomic E-state index is 14.6.